The molecule has 0 unspecified atom stereocenters. The molecule has 16 heavy (non-hydrogen) atoms. The zero-order chi connectivity index (χ0) is 11.2. The summed E-state index contributed by atoms with van der Waals surface area (Å²) in [5, 5.41) is 13.2. The number of rotatable bonds is 5. The maximum atomic E-state index is 8.69. The van der Waals surface area contributed by atoms with Crippen molar-refractivity contribution in [3.05, 3.63) is 42.1 Å². The molecule has 2 N–H and O–H groups in total. The fraction of sp³-hybridized carbons (Fsp3) is 0.308. The zero-order valence-corrected chi connectivity index (χ0v) is 9.19. The Kier molecular flexibility index (Phi) is 3.86. The molecule has 3 nitrogen and oxygen atoms in total. The Bertz CT molecular complexity index is 451. The van der Waals surface area contributed by atoms with E-state index in [4.69, 9.17) is 5.11 Å². The normalized spacial score (nSPS) is 10.8. The SMILES string of the molecule is OCCCNCc1cccc2ncccc12. The van der Waals surface area contributed by atoms with E-state index < -0.39 is 0 Å². The van der Waals surface area contributed by atoms with Crippen molar-refractivity contribution in [1.29, 1.82) is 0 Å². The lowest BCUT2D eigenvalue weighted by Crippen LogP contribution is -2.15. The van der Waals surface area contributed by atoms with E-state index in [2.05, 4.69) is 22.4 Å². The fourth-order valence-electron chi connectivity index (χ4n) is 1.75. The standard InChI is InChI=1S/C13H16N2O/c16-9-3-7-14-10-11-4-1-6-13-12(11)5-2-8-15-13/h1-2,4-6,8,14,16H,3,7,9-10H2. The summed E-state index contributed by atoms with van der Waals surface area (Å²) in [4.78, 5) is 4.32. The van der Waals surface area contributed by atoms with Crippen molar-refractivity contribution in [2.75, 3.05) is 13.2 Å². The summed E-state index contributed by atoms with van der Waals surface area (Å²) in [7, 11) is 0. The van der Waals surface area contributed by atoms with Gasteiger partial charge in [-0.3, -0.25) is 4.98 Å². The van der Waals surface area contributed by atoms with Crippen LogP contribution in [0.15, 0.2) is 36.5 Å². The zero-order valence-electron chi connectivity index (χ0n) is 9.19. The Morgan fingerprint density at radius 1 is 1.19 bits per heavy atom. The first-order valence-corrected chi connectivity index (χ1v) is 5.56. The number of aliphatic hydroxyl groups is 1. The maximum Gasteiger partial charge on any atom is 0.0705 e. The molecule has 0 aliphatic heterocycles. The van der Waals surface area contributed by atoms with Crippen molar-refractivity contribution in [3.8, 4) is 0 Å². The first-order chi connectivity index (χ1) is 7.92. The van der Waals surface area contributed by atoms with Gasteiger partial charge in [0.05, 0.1) is 5.52 Å². The predicted molar refractivity (Wildman–Crippen MR) is 65.2 cm³/mol. The van der Waals surface area contributed by atoms with Crippen LogP contribution in [-0.4, -0.2) is 23.2 Å². The second-order valence-corrected chi connectivity index (χ2v) is 3.74. The first kappa shape index (κ1) is 11.0. The van der Waals surface area contributed by atoms with Crippen molar-refractivity contribution in [2.24, 2.45) is 0 Å². The lowest BCUT2D eigenvalue weighted by atomic mass is 10.1. The minimum absolute atomic E-state index is 0.240. The van der Waals surface area contributed by atoms with Gasteiger partial charge in [-0.2, -0.15) is 0 Å². The van der Waals surface area contributed by atoms with Crippen molar-refractivity contribution in [3.63, 3.8) is 0 Å². The molecule has 1 heterocycles. The third-order valence-electron chi connectivity index (χ3n) is 2.56. The molecule has 0 atom stereocenters. The number of hydrogen-bond acceptors (Lipinski definition) is 3. The number of nitrogens with zero attached hydrogens (tertiary/aromatic N) is 1. The van der Waals surface area contributed by atoms with Crippen LogP contribution in [0.1, 0.15) is 12.0 Å². The average molecular weight is 216 g/mol. The highest BCUT2D eigenvalue weighted by atomic mass is 16.3. The topological polar surface area (TPSA) is 45.1 Å². The highest BCUT2D eigenvalue weighted by molar-refractivity contribution is 5.81. The van der Waals surface area contributed by atoms with Crippen LogP contribution in [0.5, 0.6) is 0 Å². The molecule has 2 rings (SSSR count). The van der Waals surface area contributed by atoms with Crippen LogP contribution < -0.4 is 5.32 Å². The number of aromatic nitrogens is 1. The number of benzene rings is 1. The van der Waals surface area contributed by atoms with Gasteiger partial charge in [0.25, 0.3) is 0 Å². The monoisotopic (exact) mass is 216 g/mol. The molecule has 84 valence electrons. The van der Waals surface area contributed by atoms with Gasteiger partial charge >= 0.3 is 0 Å². The molecule has 0 aliphatic rings. The Morgan fingerprint density at radius 3 is 3.00 bits per heavy atom. The molecular formula is C13H16N2O. The molecule has 0 fully saturated rings. The molecule has 0 saturated carbocycles. The van der Waals surface area contributed by atoms with Crippen molar-refractivity contribution in [1.82, 2.24) is 10.3 Å². The molecule has 0 saturated heterocycles. The number of fused-ring (bicyclic) bond motifs is 1. The van der Waals surface area contributed by atoms with Gasteiger partial charge in [0.1, 0.15) is 0 Å². The molecule has 0 radical (unpaired) electrons. The molecule has 0 amide bonds. The van der Waals surface area contributed by atoms with E-state index in [-0.39, 0.29) is 6.61 Å². The van der Waals surface area contributed by atoms with Gasteiger partial charge in [0.15, 0.2) is 0 Å². The van der Waals surface area contributed by atoms with Crippen molar-refractivity contribution in [2.45, 2.75) is 13.0 Å². The highest BCUT2D eigenvalue weighted by Crippen LogP contribution is 2.15. The van der Waals surface area contributed by atoms with E-state index in [1.807, 2.05) is 24.4 Å². The minimum atomic E-state index is 0.240. The van der Waals surface area contributed by atoms with Crippen LogP contribution in [0.25, 0.3) is 10.9 Å². The third kappa shape index (κ3) is 2.56. The van der Waals surface area contributed by atoms with E-state index in [0.717, 1.165) is 25.0 Å². The van der Waals surface area contributed by atoms with Crippen LogP contribution in [0.2, 0.25) is 0 Å². The largest absolute Gasteiger partial charge is 0.396 e. The lowest BCUT2D eigenvalue weighted by molar-refractivity contribution is 0.286. The summed E-state index contributed by atoms with van der Waals surface area (Å²) in [6, 6.07) is 10.2. The Morgan fingerprint density at radius 2 is 2.12 bits per heavy atom. The number of pyridine rings is 1. The predicted octanol–water partition coefficient (Wildman–Crippen LogP) is 1.71. The second kappa shape index (κ2) is 5.58. The van der Waals surface area contributed by atoms with Crippen molar-refractivity contribution >= 4 is 10.9 Å². The Hall–Kier alpha value is -1.45. The second-order valence-electron chi connectivity index (χ2n) is 3.74. The third-order valence-corrected chi connectivity index (χ3v) is 2.56. The summed E-state index contributed by atoms with van der Waals surface area (Å²) < 4.78 is 0. The van der Waals surface area contributed by atoms with Crippen LogP contribution >= 0.6 is 0 Å². The molecular weight excluding hydrogens is 200 g/mol. The lowest BCUT2D eigenvalue weighted by Gasteiger charge is -2.07. The Balaban J connectivity index is 2.11. The van der Waals surface area contributed by atoms with Crippen LogP contribution in [0.4, 0.5) is 0 Å². The fourth-order valence-corrected chi connectivity index (χ4v) is 1.75. The van der Waals surface area contributed by atoms with Gasteiger partial charge in [-0.05, 0) is 30.7 Å². The van der Waals surface area contributed by atoms with Gasteiger partial charge in [0.2, 0.25) is 0 Å². The highest BCUT2D eigenvalue weighted by Gasteiger charge is 1.99. The van der Waals surface area contributed by atoms with Crippen molar-refractivity contribution < 1.29 is 5.11 Å². The summed E-state index contributed by atoms with van der Waals surface area (Å²) >= 11 is 0. The molecule has 3 heteroatoms. The van der Waals surface area contributed by atoms with Crippen LogP contribution in [0.3, 0.4) is 0 Å². The molecule has 2 aromatic rings. The molecule has 0 spiro atoms. The average Bonchev–Trinajstić information content (AvgIpc) is 2.35. The summed E-state index contributed by atoms with van der Waals surface area (Å²) in [6.07, 6.45) is 2.61. The number of nitrogens with one attached hydrogen (secondary N) is 1. The minimum Gasteiger partial charge on any atom is -0.396 e. The molecule has 1 aromatic carbocycles. The van der Waals surface area contributed by atoms with Crippen LogP contribution in [0, 0.1) is 0 Å². The summed E-state index contributed by atoms with van der Waals surface area (Å²) in [5.41, 5.74) is 2.28. The summed E-state index contributed by atoms with van der Waals surface area (Å²) in [6.45, 7) is 1.90. The van der Waals surface area contributed by atoms with Gasteiger partial charge in [-0.1, -0.05) is 18.2 Å². The molecule has 1 aromatic heterocycles. The first-order valence-electron chi connectivity index (χ1n) is 5.56. The van der Waals surface area contributed by atoms with Crippen LogP contribution in [-0.2, 0) is 6.54 Å². The van der Waals surface area contributed by atoms with Gasteiger partial charge in [0, 0.05) is 24.7 Å². The number of hydrogen-bond donors (Lipinski definition) is 2. The number of aliphatic hydroxyl groups excluding tert-OH is 1. The van der Waals surface area contributed by atoms with E-state index in [1.165, 1.54) is 10.9 Å². The maximum absolute atomic E-state index is 8.69. The summed E-state index contributed by atoms with van der Waals surface area (Å²) in [5.74, 6) is 0. The van der Waals surface area contributed by atoms with E-state index >= 15 is 0 Å². The van der Waals surface area contributed by atoms with Gasteiger partial charge < -0.3 is 10.4 Å². The van der Waals surface area contributed by atoms with Gasteiger partial charge in [-0.25, -0.2) is 0 Å². The Labute approximate surface area is 95.1 Å². The van der Waals surface area contributed by atoms with E-state index in [9.17, 15) is 0 Å². The molecule has 0 aliphatic carbocycles. The quantitative estimate of drug-likeness (QED) is 0.748. The molecule has 0 bridgehead atoms. The van der Waals surface area contributed by atoms with Gasteiger partial charge in [-0.15, -0.1) is 0 Å². The smallest absolute Gasteiger partial charge is 0.0705 e. The van der Waals surface area contributed by atoms with E-state index in [0.29, 0.717) is 0 Å². The van der Waals surface area contributed by atoms with E-state index in [1.54, 1.807) is 0 Å².